The van der Waals surface area contributed by atoms with E-state index in [1.54, 1.807) is 0 Å². The van der Waals surface area contributed by atoms with Gasteiger partial charge in [0.2, 0.25) is 11.7 Å². The van der Waals surface area contributed by atoms with E-state index in [4.69, 9.17) is 21.1 Å². The van der Waals surface area contributed by atoms with Crippen LogP contribution in [-0.4, -0.2) is 42.0 Å². The van der Waals surface area contributed by atoms with Gasteiger partial charge in [-0.25, -0.2) is 0 Å². The van der Waals surface area contributed by atoms with Crippen molar-refractivity contribution in [1.29, 1.82) is 0 Å². The molecule has 4 rings (SSSR count). The summed E-state index contributed by atoms with van der Waals surface area (Å²) < 4.78 is 13.0. The van der Waals surface area contributed by atoms with Crippen molar-refractivity contribution in [2.45, 2.75) is 37.2 Å². The molecule has 0 saturated carbocycles. The SMILES string of the molecule is O=C(CCl)N1CCCCC1C1COC(c2ccccc2)(c2ccccc2)O1. The first-order valence-electron chi connectivity index (χ1n) is 9.53. The minimum absolute atomic E-state index is 0.000649. The maximum atomic E-state index is 12.3. The fraction of sp³-hybridized carbons (Fsp3) is 0.409. The van der Waals surface area contributed by atoms with Crippen LogP contribution in [0.4, 0.5) is 0 Å². The van der Waals surface area contributed by atoms with Crippen LogP contribution in [-0.2, 0) is 20.1 Å². The van der Waals surface area contributed by atoms with E-state index in [1.807, 2.05) is 65.6 Å². The van der Waals surface area contributed by atoms with E-state index in [9.17, 15) is 4.79 Å². The highest BCUT2D eigenvalue weighted by Gasteiger charge is 2.48. The Bertz CT molecular complexity index is 728. The molecule has 2 fully saturated rings. The molecule has 4 nitrogen and oxygen atoms in total. The number of benzene rings is 2. The minimum Gasteiger partial charge on any atom is -0.339 e. The number of likely N-dealkylation sites (tertiary alicyclic amines) is 1. The summed E-state index contributed by atoms with van der Waals surface area (Å²) in [4.78, 5) is 14.2. The first kappa shape index (κ1) is 18.5. The summed E-state index contributed by atoms with van der Waals surface area (Å²) in [5.41, 5.74) is 1.93. The maximum absolute atomic E-state index is 12.3. The molecule has 0 aromatic heterocycles. The van der Waals surface area contributed by atoms with Crippen LogP contribution in [0.2, 0.25) is 0 Å². The first-order valence-corrected chi connectivity index (χ1v) is 10.1. The number of carbonyl (C=O) groups is 1. The van der Waals surface area contributed by atoms with E-state index < -0.39 is 5.79 Å². The summed E-state index contributed by atoms with van der Waals surface area (Å²) in [5, 5.41) is 0. The molecule has 0 bridgehead atoms. The molecule has 2 saturated heterocycles. The lowest BCUT2D eigenvalue weighted by molar-refractivity contribution is -0.157. The first-order chi connectivity index (χ1) is 13.2. The van der Waals surface area contributed by atoms with Crippen LogP contribution in [0, 0.1) is 0 Å². The third kappa shape index (κ3) is 3.49. The van der Waals surface area contributed by atoms with Crippen LogP contribution in [0.5, 0.6) is 0 Å². The Kier molecular flexibility index (Phi) is 5.48. The second kappa shape index (κ2) is 8.01. The van der Waals surface area contributed by atoms with E-state index in [2.05, 4.69) is 0 Å². The Labute approximate surface area is 165 Å². The average Bonchev–Trinajstić information content (AvgIpc) is 3.21. The number of piperidine rings is 1. The standard InChI is InChI=1S/C22H24ClNO3/c23-15-21(25)24-14-8-7-13-19(24)20-16-26-22(27-20,17-9-3-1-4-10-17)18-11-5-2-6-12-18/h1-6,9-12,19-20H,7-8,13-16H2. The molecule has 2 aliphatic rings. The fourth-order valence-electron chi connectivity index (χ4n) is 4.19. The summed E-state index contributed by atoms with van der Waals surface area (Å²) in [6, 6.07) is 20.0. The van der Waals surface area contributed by atoms with Crippen LogP contribution < -0.4 is 0 Å². The average molecular weight is 386 g/mol. The van der Waals surface area contributed by atoms with Crippen molar-refractivity contribution in [3.63, 3.8) is 0 Å². The molecule has 2 heterocycles. The zero-order valence-electron chi connectivity index (χ0n) is 15.2. The maximum Gasteiger partial charge on any atom is 0.237 e. The number of carbonyl (C=O) groups excluding carboxylic acids is 1. The second-order valence-corrected chi connectivity index (χ2v) is 7.37. The van der Waals surface area contributed by atoms with Crippen molar-refractivity contribution < 1.29 is 14.3 Å². The normalized spacial score (nSPS) is 24.7. The lowest BCUT2D eigenvalue weighted by Gasteiger charge is -2.39. The van der Waals surface area contributed by atoms with E-state index in [0.29, 0.717) is 6.61 Å². The minimum atomic E-state index is -0.944. The Morgan fingerprint density at radius 2 is 1.67 bits per heavy atom. The highest BCUT2D eigenvalue weighted by atomic mass is 35.5. The van der Waals surface area contributed by atoms with Crippen LogP contribution in [0.25, 0.3) is 0 Å². The van der Waals surface area contributed by atoms with Gasteiger partial charge in [-0.3, -0.25) is 4.79 Å². The quantitative estimate of drug-likeness (QED) is 0.749. The highest BCUT2D eigenvalue weighted by Crippen LogP contribution is 2.42. The van der Waals surface area contributed by atoms with Gasteiger partial charge in [-0.05, 0) is 19.3 Å². The number of nitrogens with zero attached hydrogens (tertiary/aromatic N) is 1. The summed E-state index contributed by atoms with van der Waals surface area (Å²) in [6.45, 7) is 1.18. The van der Waals surface area contributed by atoms with Gasteiger partial charge in [-0.15, -0.1) is 11.6 Å². The molecule has 0 spiro atoms. The Hall–Kier alpha value is -1.88. The molecule has 142 valence electrons. The predicted molar refractivity (Wildman–Crippen MR) is 105 cm³/mol. The van der Waals surface area contributed by atoms with E-state index in [1.165, 1.54) is 0 Å². The van der Waals surface area contributed by atoms with Gasteiger partial charge in [-0.2, -0.15) is 0 Å². The molecule has 0 aliphatic carbocycles. The predicted octanol–water partition coefficient (Wildman–Crippen LogP) is 3.92. The van der Waals surface area contributed by atoms with Crippen LogP contribution >= 0.6 is 11.6 Å². The number of hydrogen-bond donors (Lipinski definition) is 0. The van der Waals surface area contributed by atoms with Gasteiger partial charge < -0.3 is 14.4 Å². The van der Waals surface area contributed by atoms with Gasteiger partial charge in [0.1, 0.15) is 12.0 Å². The lowest BCUT2D eigenvalue weighted by Crippen LogP contribution is -2.51. The van der Waals surface area contributed by atoms with Crippen molar-refractivity contribution in [2.24, 2.45) is 0 Å². The van der Waals surface area contributed by atoms with Crippen molar-refractivity contribution >= 4 is 17.5 Å². The molecule has 2 aromatic carbocycles. The summed E-state index contributed by atoms with van der Waals surface area (Å²) in [7, 11) is 0. The molecule has 27 heavy (non-hydrogen) atoms. The monoisotopic (exact) mass is 385 g/mol. The third-order valence-electron chi connectivity index (χ3n) is 5.49. The largest absolute Gasteiger partial charge is 0.339 e. The third-order valence-corrected chi connectivity index (χ3v) is 5.72. The Morgan fingerprint density at radius 1 is 1.04 bits per heavy atom. The van der Waals surface area contributed by atoms with Gasteiger partial charge in [-0.1, -0.05) is 60.7 Å². The van der Waals surface area contributed by atoms with Crippen molar-refractivity contribution in [3.8, 4) is 0 Å². The summed E-state index contributed by atoms with van der Waals surface area (Å²) in [5.74, 6) is -0.964. The molecule has 2 aromatic rings. The van der Waals surface area contributed by atoms with Crippen molar-refractivity contribution in [2.75, 3.05) is 19.0 Å². The summed E-state index contributed by atoms with van der Waals surface area (Å²) in [6.07, 6.45) is 2.82. The number of alkyl halides is 1. The topological polar surface area (TPSA) is 38.8 Å². The van der Waals surface area contributed by atoms with Gasteiger partial charge in [0.15, 0.2) is 0 Å². The Morgan fingerprint density at radius 3 is 2.26 bits per heavy atom. The molecule has 0 radical (unpaired) electrons. The number of ether oxygens (including phenoxy) is 2. The van der Waals surface area contributed by atoms with Crippen LogP contribution in [0.15, 0.2) is 60.7 Å². The molecule has 2 unspecified atom stereocenters. The van der Waals surface area contributed by atoms with Gasteiger partial charge >= 0.3 is 0 Å². The van der Waals surface area contributed by atoms with Gasteiger partial charge in [0.05, 0.1) is 12.6 Å². The van der Waals surface area contributed by atoms with Crippen molar-refractivity contribution in [1.82, 2.24) is 4.90 Å². The number of halogens is 1. The number of amides is 1. The van der Waals surface area contributed by atoms with Gasteiger partial charge in [0.25, 0.3) is 0 Å². The van der Waals surface area contributed by atoms with Crippen molar-refractivity contribution in [3.05, 3.63) is 71.8 Å². The molecule has 1 amide bonds. The fourth-order valence-corrected chi connectivity index (χ4v) is 4.34. The molecule has 2 aliphatic heterocycles. The smallest absolute Gasteiger partial charge is 0.237 e. The molecule has 2 atom stereocenters. The molecule has 5 heteroatoms. The second-order valence-electron chi connectivity index (χ2n) is 7.10. The molecular formula is C22H24ClNO3. The summed E-state index contributed by atoms with van der Waals surface area (Å²) >= 11 is 5.84. The van der Waals surface area contributed by atoms with E-state index >= 15 is 0 Å². The number of rotatable bonds is 4. The lowest BCUT2D eigenvalue weighted by atomic mass is 9.96. The van der Waals surface area contributed by atoms with Crippen LogP contribution in [0.1, 0.15) is 30.4 Å². The van der Waals surface area contributed by atoms with E-state index in [-0.39, 0.29) is 23.9 Å². The highest BCUT2D eigenvalue weighted by molar-refractivity contribution is 6.27. The molecular weight excluding hydrogens is 362 g/mol. The zero-order chi connectivity index (χ0) is 18.7. The Balaban J connectivity index is 1.67. The number of hydrogen-bond acceptors (Lipinski definition) is 3. The zero-order valence-corrected chi connectivity index (χ0v) is 16.0. The van der Waals surface area contributed by atoms with Crippen LogP contribution in [0.3, 0.4) is 0 Å². The van der Waals surface area contributed by atoms with E-state index in [0.717, 1.165) is 36.9 Å². The van der Waals surface area contributed by atoms with Gasteiger partial charge in [0, 0.05) is 17.7 Å². The molecule has 0 N–H and O–H groups in total.